The summed E-state index contributed by atoms with van der Waals surface area (Å²) in [5, 5.41) is 0. The number of rotatable bonds is 8. The molecular weight excluding hydrogens is 2180 g/mol. The Bertz CT molecular complexity index is 3580. The van der Waals surface area contributed by atoms with Crippen molar-refractivity contribution in [2.24, 2.45) is 0 Å². The van der Waals surface area contributed by atoms with E-state index in [0.717, 1.165) is 16.5 Å². The van der Waals surface area contributed by atoms with Crippen molar-refractivity contribution >= 4 is 151 Å². The van der Waals surface area contributed by atoms with E-state index in [9.17, 15) is 230 Å². The van der Waals surface area contributed by atoms with Crippen molar-refractivity contribution in [1.82, 2.24) is 58.8 Å². The van der Waals surface area contributed by atoms with E-state index in [1.165, 1.54) is 142 Å². The maximum absolute atomic E-state index is 11.4. The van der Waals surface area contributed by atoms with Crippen LogP contribution in [0.1, 0.15) is 83.1 Å². The molecule has 0 saturated heterocycles. The van der Waals surface area contributed by atoms with E-state index in [1.807, 2.05) is 0 Å². The van der Waals surface area contributed by atoms with Crippen molar-refractivity contribution in [3.8, 4) is 0 Å². The SMILES string of the molecule is CC(=O)N(C)C.CC(=O)N(C)C.CC(=O)N(C)C.CC(=O)N(C)C.CC(=O)N(C)C.CC(=O)N(C)C.CC(=O)N(C)C.CC(=O)N(C)C.CC(=O)N(C)C.CC(=O)N(C)C.CC(=O)N(C)C.CC(=O)N(C)C.O=S(=O)([N-]S(=O)(=O)C(F)(F)F)C(F)(F)F.O=S(=O)([N-]S(=O)(=O)C(F)(F)F)C(F)(F)F.O=S(=O)([N-]S(=O)(=O)C(F)(F)F)C(F)(F)F.O=S(=O)([N-]S(=O)(=O)C(F)(F)F)C(F)(F)F.[Co+2].[Co+2]. The van der Waals surface area contributed by atoms with Crippen LogP contribution in [0.2, 0.25) is 0 Å². The molecule has 814 valence electrons. The van der Waals surface area contributed by atoms with Crippen LogP contribution in [0.5, 0.6) is 0 Å². The van der Waals surface area contributed by atoms with Gasteiger partial charge in [-0.05, 0) is 0 Å². The summed E-state index contributed by atoms with van der Waals surface area (Å²) in [6.07, 6.45) is 0. The molecule has 2 radical (unpaired) electrons. The van der Waals surface area contributed by atoms with Crippen LogP contribution in [0, 0.1) is 0 Å². The Morgan fingerprint density at radius 1 is 0.142 bits per heavy atom. The number of nitrogens with zero attached hydrogens (tertiary/aromatic N) is 16. The van der Waals surface area contributed by atoms with Crippen molar-refractivity contribution in [2.75, 3.05) is 169 Å². The summed E-state index contributed by atoms with van der Waals surface area (Å²) in [4.78, 5) is 139. The Balaban J connectivity index is -0.0000000681. The van der Waals surface area contributed by atoms with Gasteiger partial charge in [0.1, 0.15) is 0 Å². The number of hydrogen-bond acceptors (Lipinski definition) is 28. The largest absolute Gasteiger partial charge is 2.00 e. The molecule has 0 fully saturated rings. The molecule has 0 rings (SSSR count). The molecule has 0 aromatic carbocycles. The van der Waals surface area contributed by atoms with E-state index in [0.29, 0.717) is 0 Å². The fourth-order valence-corrected chi connectivity index (χ4v) is 7.69. The van der Waals surface area contributed by atoms with Gasteiger partial charge in [0, 0.05) is 252 Å². The van der Waals surface area contributed by atoms with Crippen LogP contribution in [-0.2, 0) is 171 Å². The van der Waals surface area contributed by atoms with Crippen LogP contribution in [0.4, 0.5) is 105 Å². The van der Waals surface area contributed by atoms with Gasteiger partial charge in [0.15, 0.2) is 80.2 Å². The third-order valence-corrected chi connectivity index (χ3v) is 21.6. The average Bonchev–Trinajstić information content (AvgIpc) is 0.807. The summed E-state index contributed by atoms with van der Waals surface area (Å²) in [6, 6.07) is 0. The standard InChI is InChI=1S/12C4H9NO.4C2F6NO4S2.2Co/c12*1-4(6)5(2)3;4*3-1(4,5)14(10,11)9-15(12,13)2(6,7)8;;/h12*1-3H3;;;;;;/q;;;;;;;;;;;;4*-1;2*+2. The van der Waals surface area contributed by atoms with E-state index in [4.69, 9.17) is 0 Å². The summed E-state index contributed by atoms with van der Waals surface area (Å²) < 4.78 is 437. The Kier molecular flexibility index (Phi) is 90.7. The Morgan fingerprint density at radius 3 is 0.187 bits per heavy atom. The Hall–Kier alpha value is -7.59. The molecule has 0 spiro atoms. The number of halogens is 24. The van der Waals surface area contributed by atoms with E-state index in [-0.39, 0.29) is 104 Å². The first kappa shape index (κ1) is 169. The molecule has 0 aromatic rings. The van der Waals surface area contributed by atoms with Gasteiger partial charge in [0.2, 0.25) is 70.9 Å². The van der Waals surface area contributed by atoms with Gasteiger partial charge in [-0.3, -0.25) is 57.5 Å². The average molecular weight is 2280 g/mol. The molecule has 12 amide bonds. The summed E-state index contributed by atoms with van der Waals surface area (Å²) >= 11 is 0. The number of hydrogen-bond donors (Lipinski definition) is 0. The second kappa shape index (κ2) is 71.8. The molecule has 0 aromatic heterocycles. The van der Waals surface area contributed by atoms with Crippen molar-refractivity contribution < 1.29 is 264 Å². The number of carbonyl (C=O) groups excluding carboxylic acids is 12. The van der Waals surface area contributed by atoms with E-state index in [2.05, 4.69) is 0 Å². The zero-order valence-electron chi connectivity index (χ0n) is 77.6. The number of sulfonamides is 8. The first-order valence-electron chi connectivity index (χ1n) is 32.2. The van der Waals surface area contributed by atoms with Crippen LogP contribution in [0.25, 0.3) is 16.5 Å². The smallest absolute Gasteiger partial charge is 0.421 e. The summed E-state index contributed by atoms with van der Waals surface area (Å²) in [7, 11) is -12.4. The zero-order chi connectivity index (χ0) is 113. The number of alkyl halides is 24. The summed E-state index contributed by atoms with van der Waals surface area (Å²) in [5.41, 5.74) is -49.6. The number of amides is 12. The monoisotopic (exact) mass is 2280 g/mol. The molecule has 0 bridgehead atoms. The first-order chi connectivity index (χ1) is 56.5. The van der Waals surface area contributed by atoms with Crippen LogP contribution in [0.3, 0.4) is 0 Å². The number of carbonyl (C=O) groups is 12. The van der Waals surface area contributed by atoms with Crippen LogP contribution in [-0.4, -0.2) is 410 Å². The Morgan fingerprint density at radius 2 is 0.172 bits per heavy atom. The first-order valence-corrected chi connectivity index (χ1v) is 43.7. The topological polar surface area (TPSA) is 573 Å². The third-order valence-electron chi connectivity index (χ3n) is 10.7. The molecule has 0 unspecified atom stereocenters. The van der Waals surface area contributed by atoms with E-state index < -0.39 is 124 Å². The fraction of sp³-hybridized carbons (Fsp3) is 0.786. The van der Waals surface area contributed by atoms with Gasteiger partial charge in [-0.15, -0.1) is 0 Å². The van der Waals surface area contributed by atoms with Crippen molar-refractivity contribution in [3.05, 3.63) is 16.5 Å². The van der Waals surface area contributed by atoms with Crippen LogP contribution < -0.4 is 0 Å². The molecule has 0 aliphatic carbocycles. The zero-order valence-corrected chi connectivity index (χ0v) is 86.2. The molecule has 134 heavy (non-hydrogen) atoms. The summed E-state index contributed by atoms with van der Waals surface area (Å²) in [6.45, 7) is 18.3. The molecular formula is C56H108Co2F24N16O28S8. The van der Waals surface area contributed by atoms with Crippen LogP contribution in [0.15, 0.2) is 0 Å². The van der Waals surface area contributed by atoms with Gasteiger partial charge in [-0.1, -0.05) is 0 Å². The van der Waals surface area contributed by atoms with E-state index in [1.54, 1.807) is 169 Å². The minimum absolute atomic E-state index is 0. The molecule has 0 aliphatic heterocycles. The molecule has 0 aliphatic rings. The second-order valence-corrected chi connectivity index (χ2v) is 38.3. The predicted octanol–water partition coefficient (Wildman–Crippen LogP) is 5.37. The predicted molar refractivity (Wildman–Crippen MR) is 426 cm³/mol. The van der Waals surface area contributed by atoms with Gasteiger partial charge in [0.25, 0.3) is 0 Å². The van der Waals surface area contributed by atoms with Gasteiger partial charge < -0.3 is 75.3 Å². The fourth-order valence-electron chi connectivity index (χ4n) is 0.855. The molecule has 78 heteroatoms. The van der Waals surface area contributed by atoms with Gasteiger partial charge in [-0.2, -0.15) is 105 Å². The minimum Gasteiger partial charge on any atom is -0.421 e. The van der Waals surface area contributed by atoms with Crippen LogP contribution >= 0.6 is 0 Å². The van der Waals surface area contributed by atoms with Crippen molar-refractivity contribution in [2.45, 2.75) is 127 Å². The Labute approximate surface area is 782 Å². The molecule has 0 N–H and O–H groups in total. The molecule has 0 saturated carbocycles. The second-order valence-electron chi connectivity index (χ2n) is 24.6. The quantitative estimate of drug-likeness (QED) is 0.276. The van der Waals surface area contributed by atoms with Crippen molar-refractivity contribution in [3.63, 3.8) is 0 Å². The molecule has 0 heterocycles. The maximum atomic E-state index is 11.4. The summed E-state index contributed by atoms with van der Waals surface area (Å²) in [5.74, 6) is 1.11. The van der Waals surface area contributed by atoms with Crippen molar-refractivity contribution in [1.29, 1.82) is 0 Å². The normalized spacial score (nSPS) is 11.1. The maximum Gasteiger partial charge on any atom is 2.00 e. The van der Waals surface area contributed by atoms with Gasteiger partial charge in [-0.25, -0.2) is 67.3 Å². The van der Waals surface area contributed by atoms with E-state index >= 15 is 0 Å². The van der Waals surface area contributed by atoms with Gasteiger partial charge >= 0.3 is 77.6 Å². The molecule has 44 nitrogen and oxygen atoms in total. The molecule has 0 atom stereocenters. The third kappa shape index (κ3) is 102. The minimum atomic E-state index is -6.72. The van der Waals surface area contributed by atoms with Gasteiger partial charge in [0.05, 0.1) is 0 Å².